The average Bonchev–Trinajstić information content (AvgIpc) is 3.46. The van der Waals surface area contributed by atoms with Gasteiger partial charge in [-0.1, -0.05) is 0 Å². The van der Waals surface area contributed by atoms with Crippen LogP contribution in [0.3, 0.4) is 0 Å². The molecule has 5 rings (SSSR count). The molecule has 4 heterocycles. The fraction of sp³-hybridized carbons (Fsp3) is 0.433. The summed E-state index contributed by atoms with van der Waals surface area (Å²) >= 11 is 0. The monoisotopic (exact) mass is 500 g/mol. The molecule has 2 fully saturated rings. The third-order valence-corrected chi connectivity index (χ3v) is 8.14. The molecule has 0 unspecified atom stereocenters. The molecular formula is C30H36N4O3. The maximum Gasteiger partial charge on any atom is 0.255 e. The highest BCUT2D eigenvalue weighted by atomic mass is 16.5. The molecule has 3 aromatic rings. The lowest BCUT2D eigenvalue weighted by atomic mass is 9.77. The van der Waals surface area contributed by atoms with E-state index in [9.17, 15) is 9.59 Å². The summed E-state index contributed by atoms with van der Waals surface area (Å²) in [5.74, 6) is 0.981. The number of hydrogen-bond acceptors (Lipinski definition) is 4. The van der Waals surface area contributed by atoms with Crippen molar-refractivity contribution in [1.82, 2.24) is 19.4 Å². The van der Waals surface area contributed by atoms with Crippen LogP contribution in [0.2, 0.25) is 0 Å². The van der Waals surface area contributed by atoms with E-state index in [4.69, 9.17) is 4.74 Å². The molecule has 2 aliphatic rings. The molecule has 194 valence electrons. The van der Waals surface area contributed by atoms with Gasteiger partial charge in [0, 0.05) is 62.1 Å². The van der Waals surface area contributed by atoms with Crippen LogP contribution in [0.25, 0.3) is 0 Å². The summed E-state index contributed by atoms with van der Waals surface area (Å²) < 4.78 is 7.70. The first-order valence-corrected chi connectivity index (χ1v) is 13.3. The second-order valence-electron chi connectivity index (χ2n) is 10.5. The number of hydrogen-bond donors (Lipinski definition) is 0. The molecule has 7 nitrogen and oxygen atoms in total. The molecule has 0 radical (unpaired) electrons. The summed E-state index contributed by atoms with van der Waals surface area (Å²) in [5.41, 5.74) is 4.87. The van der Waals surface area contributed by atoms with Crippen molar-refractivity contribution < 1.29 is 14.3 Å². The summed E-state index contributed by atoms with van der Waals surface area (Å²) in [6, 6.07) is 13.5. The molecule has 7 heteroatoms. The van der Waals surface area contributed by atoms with Gasteiger partial charge in [-0.05, 0) is 93.5 Å². The van der Waals surface area contributed by atoms with Gasteiger partial charge in [0.2, 0.25) is 0 Å². The highest BCUT2D eigenvalue weighted by Crippen LogP contribution is 2.41. The van der Waals surface area contributed by atoms with Gasteiger partial charge in [-0.2, -0.15) is 0 Å². The first kappa shape index (κ1) is 25.1. The molecule has 0 N–H and O–H groups in total. The van der Waals surface area contributed by atoms with Crippen molar-refractivity contribution in [1.29, 1.82) is 0 Å². The molecule has 2 aliphatic heterocycles. The largest absolute Gasteiger partial charge is 0.494 e. The minimum Gasteiger partial charge on any atom is -0.494 e. The fourth-order valence-electron chi connectivity index (χ4n) is 5.85. The first-order valence-electron chi connectivity index (χ1n) is 13.3. The molecule has 2 amide bonds. The number of ether oxygens (including phenoxy) is 1. The van der Waals surface area contributed by atoms with Crippen molar-refractivity contribution >= 4 is 11.8 Å². The summed E-state index contributed by atoms with van der Waals surface area (Å²) in [6.07, 6.45) is 6.47. The van der Waals surface area contributed by atoms with E-state index in [0.717, 1.165) is 74.7 Å². The van der Waals surface area contributed by atoms with E-state index in [1.165, 1.54) is 5.56 Å². The molecule has 1 aromatic carbocycles. The Hall–Kier alpha value is -3.61. The molecule has 37 heavy (non-hydrogen) atoms. The number of likely N-dealkylation sites (tertiary alicyclic amines) is 2. The Balaban J connectivity index is 1.20. The maximum atomic E-state index is 13.6. The summed E-state index contributed by atoms with van der Waals surface area (Å²) in [6.45, 7) is 10.4. The number of nitrogens with zero attached hydrogens (tertiary/aromatic N) is 4. The van der Waals surface area contributed by atoms with Crippen molar-refractivity contribution in [2.24, 2.45) is 5.41 Å². The molecule has 2 aromatic heterocycles. The van der Waals surface area contributed by atoms with Crippen molar-refractivity contribution in [2.45, 2.75) is 46.6 Å². The van der Waals surface area contributed by atoms with Gasteiger partial charge >= 0.3 is 0 Å². The third kappa shape index (κ3) is 5.13. The predicted molar refractivity (Wildman–Crippen MR) is 143 cm³/mol. The van der Waals surface area contributed by atoms with Gasteiger partial charge in [0.25, 0.3) is 11.8 Å². The smallest absolute Gasteiger partial charge is 0.255 e. The molecule has 0 bridgehead atoms. The average molecular weight is 501 g/mol. The Kier molecular flexibility index (Phi) is 7.04. The van der Waals surface area contributed by atoms with E-state index in [1.807, 2.05) is 66.1 Å². The molecule has 1 spiro atoms. The van der Waals surface area contributed by atoms with E-state index < -0.39 is 0 Å². The fourth-order valence-corrected chi connectivity index (χ4v) is 5.85. The number of piperidine rings is 1. The highest BCUT2D eigenvalue weighted by Gasteiger charge is 2.43. The number of benzene rings is 1. The predicted octanol–water partition coefficient (Wildman–Crippen LogP) is 4.72. The van der Waals surface area contributed by atoms with Crippen molar-refractivity contribution in [3.8, 4) is 5.75 Å². The van der Waals surface area contributed by atoms with E-state index in [0.29, 0.717) is 12.2 Å². The van der Waals surface area contributed by atoms with Crippen LogP contribution in [0, 0.1) is 19.3 Å². The zero-order chi connectivity index (χ0) is 26.0. The molecule has 0 saturated carbocycles. The Morgan fingerprint density at radius 1 is 0.919 bits per heavy atom. The van der Waals surface area contributed by atoms with Gasteiger partial charge < -0.3 is 19.1 Å². The lowest BCUT2D eigenvalue weighted by Gasteiger charge is -2.39. The van der Waals surface area contributed by atoms with Gasteiger partial charge in [0.05, 0.1) is 12.2 Å². The lowest BCUT2D eigenvalue weighted by Crippen LogP contribution is -2.44. The second kappa shape index (κ2) is 10.4. The minimum absolute atomic E-state index is 0.0745. The summed E-state index contributed by atoms with van der Waals surface area (Å²) in [7, 11) is 0. The van der Waals surface area contributed by atoms with Crippen LogP contribution in [0.15, 0.2) is 54.9 Å². The number of carbonyl (C=O) groups is 2. The highest BCUT2D eigenvalue weighted by molar-refractivity contribution is 5.96. The third-order valence-electron chi connectivity index (χ3n) is 8.14. The van der Waals surface area contributed by atoms with Crippen LogP contribution in [-0.2, 0) is 6.54 Å². The van der Waals surface area contributed by atoms with Crippen LogP contribution in [0.1, 0.15) is 63.9 Å². The summed E-state index contributed by atoms with van der Waals surface area (Å²) in [4.78, 5) is 34.7. The van der Waals surface area contributed by atoms with Crippen LogP contribution in [0.5, 0.6) is 5.75 Å². The Labute approximate surface area is 219 Å². The second-order valence-corrected chi connectivity index (χ2v) is 10.5. The van der Waals surface area contributed by atoms with Crippen LogP contribution >= 0.6 is 0 Å². The van der Waals surface area contributed by atoms with E-state index in [2.05, 4.69) is 16.5 Å². The zero-order valence-electron chi connectivity index (χ0n) is 22.1. The van der Waals surface area contributed by atoms with Crippen molar-refractivity contribution in [3.63, 3.8) is 0 Å². The Bertz CT molecular complexity index is 1260. The number of rotatable bonds is 6. The Morgan fingerprint density at radius 3 is 2.22 bits per heavy atom. The van der Waals surface area contributed by atoms with Gasteiger partial charge in [0.15, 0.2) is 0 Å². The number of pyridine rings is 1. The summed E-state index contributed by atoms with van der Waals surface area (Å²) in [5, 5.41) is 0. The number of aromatic nitrogens is 2. The normalized spacial score (nSPS) is 16.8. The van der Waals surface area contributed by atoms with Crippen molar-refractivity contribution in [3.05, 3.63) is 82.9 Å². The van der Waals surface area contributed by atoms with E-state index in [-0.39, 0.29) is 17.2 Å². The van der Waals surface area contributed by atoms with Gasteiger partial charge in [0.1, 0.15) is 5.75 Å². The molecule has 0 aliphatic carbocycles. The topological polar surface area (TPSA) is 67.7 Å². The van der Waals surface area contributed by atoms with Crippen molar-refractivity contribution in [2.75, 3.05) is 32.8 Å². The molecule has 2 saturated heterocycles. The van der Waals surface area contributed by atoms with Gasteiger partial charge in [-0.25, -0.2) is 0 Å². The van der Waals surface area contributed by atoms with Crippen LogP contribution < -0.4 is 4.74 Å². The van der Waals surface area contributed by atoms with Crippen LogP contribution in [-0.4, -0.2) is 64.0 Å². The zero-order valence-corrected chi connectivity index (χ0v) is 22.1. The standard InChI is InChI=1S/C30H36N4O3/c1-4-37-26-7-5-25(6-8-26)28(35)32-16-11-30(12-17-32)13-18-33(21-30)29(36)27-19-22(2)34(23(27)3)20-24-9-14-31-15-10-24/h5-10,14-15,19H,4,11-13,16-18,20-21H2,1-3H3. The number of aryl methyl sites for hydroxylation is 1. The van der Waals surface area contributed by atoms with Gasteiger partial charge in [-0.15, -0.1) is 0 Å². The Morgan fingerprint density at radius 2 is 1.57 bits per heavy atom. The van der Waals surface area contributed by atoms with E-state index >= 15 is 0 Å². The SMILES string of the molecule is CCOc1ccc(C(=O)N2CCC3(CC2)CCN(C(=O)c2cc(C)n(Cc4ccncc4)c2C)C3)cc1. The first-order chi connectivity index (χ1) is 17.9. The molecular weight excluding hydrogens is 464 g/mol. The number of carbonyl (C=O) groups excluding carboxylic acids is 2. The van der Waals surface area contributed by atoms with Gasteiger partial charge in [-0.3, -0.25) is 14.6 Å². The van der Waals surface area contributed by atoms with Crippen LogP contribution in [0.4, 0.5) is 0 Å². The van der Waals surface area contributed by atoms with E-state index in [1.54, 1.807) is 12.4 Å². The minimum atomic E-state index is 0.0745. The lowest BCUT2D eigenvalue weighted by molar-refractivity contribution is 0.0565. The maximum absolute atomic E-state index is 13.6. The quantitative estimate of drug-likeness (QED) is 0.491. The number of amides is 2. The molecule has 0 atom stereocenters.